The predicted octanol–water partition coefficient (Wildman–Crippen LogP) is 7.76. The Bertz CT molecular complexity index is 1500. The number of esters is 3. The summed E-state index contributed by atoms with van der Waals surface area (Å²) in [4.78, 5) is 36.5. The third kappa shape index (κ3) is 7.23. The van der Waals surface area contributed by atoms with Crippen LogP contribution in [0, 0.1) is 0 Å². The van der Waals surface area contributed by atoms with Crippen LogP contribution in [0.5, 0.6) is 17.2 Å². The summed E-state index contributed by atoms with van der Waals surface area (Å²) in [6.45, 7) is 22.0. The van der Waals surface area contributed by atoms with Gasteiger partial charge in [-0.1, -0.05) is 64.8 Å². The average Bonchev–Trinajstić information content (AvgIpc) is 2.88. The van der Waals surface area contributed by atoms with Crippen molar-refractivity contribution in [1.29, 1.82) is 0 Å². The Hall–Kier alpha value is -4.71. The first kappa shape index (κ1) is 29.8. The van der Waals surface area contributed by atoms with Crippen LogP contribution >= 0.6 is 0 Å². The lowest BCUT2D eigenvalue weighted by atomic mass is 9.80. The van der Waals surface area contributed by atoms with Crippen LogP contribution in [0.15, 0.2) is 97.1 Å². The van der Waals surface area contributed by atoms with Crippen molar-refractivity contribution in [3.8, 4) is 39.5 Å². The minimum absolute atomic E-state index is 0.262. The fraction of sp³-hybridized carbons (Fsp3) is 0.206. The van der Waals surface area contributed by atoms with Gasteiger partial charge in [0.25, 0.3) is 0 Å². The predicted molar refractivity (Wildman–Crippen MR) is 157 cm³/mol. The molecule has 3 rings (SSSR count). The van der Waals surface area contributed by atoms with E-state index < -0.39 is 17.9 Å². The van der Waals surface area contributed by atoms with Gasteiger partial charge in [0.05, 0.1) is 0 Å². The minimum Gasteiger partial charge on any atom is -0.423 e. The lowest BCUT2D eigenvalue weighted by molar-refractivity contribution is -0.130. The number of hydrogen-bond donors (Lipinski definition) is 0. The third-order valence-corrected chi connectivity index (χ3v) is 5.93. The van der Waals surface area contributed by atoms with E-state index in [9.17, 15) is 14.4 Å². The molecule has 0 saturated heterocycles. The molecule has 0 aromatic heterocycles. The lowest BCUT2D eigenvalue weighted by Crippen LogP contribution is -2.15. The number of hydrogen-bond acceptors (Lipinski definition) is 6. The van der Waals surface area contributed by atoms with Crippen molar-refractivity contribution in [1.82, 2.24) is 0 Å². The van der Waals surface area contributed by atoms with Crippen LogP contribution in [-0.4, -0.2) is 17.9 Å². The highest BCUT2D eigenvalue weighted by atomic mass is 16.5. The van der Waals surface area contributed by atoms with E-state index in [0.29, 0.717) is 34.0 Å². The van der Waals surface area contributed by atoms with E-state index in [4.69, 9.17) is 14.2 Å². The van der Waals surface area contributed by atoms with Crippen molar-refractivity contribution in [2.24, 2.45) is 0 Å². The van der Waals surface area contributed by atoms with E-state index in [1.165, 1.54) is 0 Å². The van der Waals surface area contributed by atoms with Crippen molar-refractivity contribution in [3.05, 3.63) is 103 Å². The van der Waals surface area contributed by atoms with Crippen molar-refractivity contribution in [2.45, 2.75) is 47.0 Å². The summed E-state index contributed by atoms with van der Waals surface area (Å²) in [7, 11) is 0. The fourth-order valence-electron chi connectivity index (χ4n) is 3.73. The maximum Gasteiger partial charge on any atom is 0.338 e. The summed E-state index contributed by atoms with van der Waals surface area (Å²) >= 11 is 0. The van der Waals surface area contributed by atoms with E-state index in [2.05, 4.69) is 40.5 Å². The third-order valence-electron chi connectivity index (χ3n) is 5.93. The van der Waals surface area contributed by atoms with Crippen molar-refractivity contribution >= 4 is 17.9 Å². The van der Waals surface area contributed by atoms with Crippen LogP contribution in [0.3, 0.4) is 0 Å². The first-order chi connectivity index (χ1) is 18.7. The second-order valence-corrected chi connectivity index (χ2v) is 10.7. The molecule has 0 bridgehead atoms. The molecule has 6 heteroatoms. The monoisotopic (exact) mass is 538 g/mol. The van der Waals surface area contributed by atoms with Gasteiger partial charge in [-0.3, -0.25) is 0 Å². The molecule has 0 radical (unpaired) electrons. The molecule has 0 aliphatic heterocycles. The number of rotatable bonds is 8. The van der Waals surface area contributed by atoms with Crippen molar-refractivity contribution in [3.63, 3.8) is 0 Å². The Morgan fingerprint density at radius 3 is 1.32 bits per heavy atom. The number of carbonyl (C=O) groups is 3. The standard InChI is InChI=1S/C34H34O6/c1-20(2)31(35)38-25-14-10-23(11-15-25)27-19-30(40-33(37)22(5)6)28(18-29(27)34(7,8)9)24-12-16-26(17-13-24)39-32(36)21(3)4/h10-19H,1,3,5H2,2,4,6-9H3. The molecule has 40 heavy (non-hydrogen) atoms. The summed E-state index contributed by atoms with van der Waals surface area (Å²) in [5.74, 6) is -0.444. The lowest BCUT2D eigenvalue weighted by Gasteiger charge is -2.26. The summed E-state index contributed by atoms with van der Waals surface area (Å²) in [6, 6.07) is 17.9. The normalized spacial score (nSPS) is 10.8. The summed E-state index contributed by atoms with van der Waals surface area (Å²) < 4.78 is 16.5. The van der Waals surface area contributed by atoms with Gasteiger partial charge in [-0.25, -0.2) is 14.4 Å². The molecular weight excluding hydrogens is 504 g/mol. The molecule has 0 heterocycles. The van der Waals surface area contributed by atoms with Gasteiger partial charge in [-0.05, 0) is 84.8 Å². The van der Waals surface area contributed by atoms with Gasteiger partial charge in [0.15, 0.2) is 0 Å². The Balaban J connectivity index is 2.15. The molecule has 0 fully saturated rings. The molecular formula is C34H34O6. The molecule has 3 aromatic rings. The van der Waals surface area contributed by atoms with Gasteiger partial charge in [0, 0.05) is 22.3 Å². The largest absolute Gasteiger partial charge is 0.423 e. The summed E-state index contributed by atoms with van der Waals surface area (Å²) in [5, 5.41) is 0. The fourth-order valence-corrected chi connectivity index (χ4v) is 3.73. The Labute approximate surface area is 235 Å². The van der Waals surface area contributed by atoms with E-state index in [1.807, 2.05) is 24.3 Å². The zero-order chi connectivity index (χ0) is 29.8. The summed E-state index contributed by atoms with van der Waals surface area (Å²) in [6.07, 6.45) is 0. The van der Waals surface area contributed by atoms with Gasteiger partial charge >= 0.3 is 17.9 Å². The maximum absolute atomic E-state index is 12.6. The topological polar surface area (TPSA) is 78.9 Å². The molecule has 0 saturated carbocycles. The smallest absolute Gasteiger partial charge is 0.338 e. The molecule has 0 spiro atoms. The summed E-state index contributed by atoms with van der Waals surface area (Å²) in [5.41, 5.74) is 4.73. The molecule has 206 valence electrons. The second-order valence-electron chi connectivity index (χ2n) is 10.7. The zero-order valence-electron chi connectivity index (χ0n) is 23.8. The Morgan fingerprint density at radius 1 is 0.575 bits per heavy atom. The molecule has 0 aliphatic carbocycles. The van der Waals surface area contributed by atoms with Crippen LogP contribution in [0.2, 0.25) is 0 Å². The Kier molecular flexibility index (Phi) is 8.95. The molecule has 6 nitrogen and oxygen atoms in total. The highest BCUT2D eigenvalue weighted by Crippen LogP contribution is 2.42. The van der Waals surface area contributed by atoms with Crippen molar-refractivity contribution in [2.75, 3.05) is 0 Å². The SMILES string of the molecule is C=C(C)C(=O)Oc1ccc(-c2cc(C(C)(C)C)c(-c3ccc(OC(=O)C(=C)C)cc3)cc2OC(=O)C(=C)C)cc1. The number of ether oxygens (including phenoxy) is 3. The number of benzene rings is 3. The molecule has 0 N–H and O–H groups in total. The molecule has 0 amide bonds. The molecule has 0 atom stereocenters. The van der Waals surface area contributed by atoms with Crippen LogP contribution in [0.4, 0.5) is 0 Å². The van der Waals surface area contributed by atoms with E-state index in [1.54, 1.807) is 57.2 Å². The van der Waals surface area contributed by atoms with Gasteiger partial charge in [-0.2, -0.15) is 0 Å². The zero-order valence-corrected chi connectivity index (χ0v) is 23.8. The second kappa shape index (κ2) is 12.0. The van der Waals surface area contributed by atoms with Gasteiger partial charge in [0.1, 0.15) is 17.2 Å². The van der Waals surface area contributed by atoms with Crippen LogP contribution in [0.25, 0.3) is 22.3 Å². The maximum atomic E-state index is 12.6. The first-order valence-electron chi connectivity index (χ1n) is 12.7. The highest BCUT2D eigenvalue weighted by molar-refractivity contribution is 5.92. The molecule has 0 unspecified atom stereocenters. The van der Waals surface area contributed by atoms with Gasteiger partial charge in [0.2, 0.25) is 0 Å². The van der Waals surface area contributed by atoms with Gasteiger partial charge < -0.3 is 14.2 Å². The van der Waals surface area contributed by atoms with E-state index in [-0.39, 0.29) is 11.0 Å². The van der Waals surface area contributed by atoms with Gasteiger partial charge in [-0.15, -0.1) is 0 Å². The average molecular weight is 539 g/mol. The molecule has 0 aliphatic rings. The van der Waals surface area contributed by atoms with Crippen LogP contribution in [0.1, 0.15) is 47.1 Å². The highest BCUT2D eigenvalue weighted by Gasteiger charge is 2.24. The van der Waals surface area contributed by atoms with E-state index >= 15 is 0 Å². The Morgan fingerprint density at radius 2 is 0.950 bits per heavy atom. The van der Waals surface area contributed by atoms with Crippen LogP contribution < -0.4 is 14.2 Å². The quantitative estimate of drug-likeness (QED) is 0.166. The number of carbonyl (C=O) groups excluding carboxylic acids is 3. The molecule has 3 aromatic carbocycles. The van der Waals surface area contributed by atoms with Crippen molar-refractivity contribution < 1.29 is 28.6 Å². The minimum atomic E-state index is -0.551. The first-order valence-corrected chi connectivity index (χ1v) is 12.7. The van der Waals surface area contributed by atoms with E-state index in [0.717, 1.165) is 22.3 Å². The van der Waals surface area contributed by atoms with Crippen LogP contribution in [-0.2, 0) is 19.8 Å².